The first kappa shape index (κ1) is 56.5. The van der Waals surface area contributed by atoms with Crippen molar-refractivity contribution in [3.8, 4) is 0 Å². The quantitative estimate of drug-likeness (QED) is 0.0244. The number of hydrogen-bond acceptors (Lipinski definition) is 5. The zero-order chi connectivity index (χ0) is 42.8. The van der Waals surface area contributed by atoms with Gasteiger partial charge in [-0.15, -0.1) is 0 Å². The van der Waals surface area contributed by atoms with Crippen LogP contribution in [0.15, 0.2) is 48.6 Å². The van der Waals surface area contributed by atoms with Gasteiger partial charge in [-0.2, -0.15) is 0 Å². The van der Waals surface area contributed by atoms with Crippen molar-refractivity contribution < 1.29 is 32.9 Å². The van der Waals surface area contributed by atoms with Crippen LogP contribution in [-0.4, -0.2) is 73.4 Å². The van der Waals surface area contributed by atoms with Crippen molar-refractivity contribution in [3.05, 3.63) is 48.6 Å². The van der Waals surface area contributed by atoms with Gasteiger partial charge in [-0.05, 0) is 51.4 Å². The first-order valence-electron chi connectivity index (χ1n) is 24.0. The smallest absolute Gasteiger partial charge is 0.391 e. The standard InChI is InChI=1S/C49H93N2O6P/c1-6-8-10-12-14-16-18-20-22-23-24-25-26-27-29-31-33-35-37-39-41-43-49(53)50-47(46-57-58(54,55)56-45-44-51(3,4)5)48(52)42-40-38-36-34-32-30-28-21-19-17-15-13-11-9-7-2/h22-23,25-26,29,31,35,37,47-48,52H,6-21,24,27-28,30,32-34,36,38-46H2,1-5H3,(H-,50,53,54,55)/p+1/b23-22+,26-25+,31-29+,37-35+/t47-,48+/m0/s1. The van der Waals surface area contributed by atoms with Crippen molar-refractivity contribution in [2.24, 2.45) is 0 Å². The minimum Gasteiger partial charge on any atom is -0.391 e. The molecular formula is C49H94N2O6P+. The maximum absolute atomic E-state index is 12.9. The molecule has 0 aromatic heterocycles. The number of carbonyl (C=O) groups excluding carboxylic acids is 1. The second-order valence-electron chi connectivity index (χ2n) is 17.5. The second-order valence-corrected chi connectivity index (χ2v) is 18.9. The minimum atomic E-state index is -4.33. The van der Waals surface area contributed by atoms with Gasteiger partial charge >= 0.3 is 7.82 Å². The number of carbonyl (C=O) groups is 1. The van der Waals surface area contributed by atoms with E-state index in [9.17, 15) is 19.4 Å². The molecule has 3 atom stereocenters. The predicted octanol–water partition coefficient (Wildman–Crippen LogP) is 13.6. The predicted molar refractivity (Wildman–Crippen MR) is 249 cm³/mol. The fourth-order valence-corrected chi connectivity index (χ4v) is 7.48. The van der Waals surface area contributed by atoms with Crippen molar-refractivity contribution in [3.63, 3.8) is 0 Å². The molecule has 340 valence electrons. The first-order chi connectivity index (χ1) is 28.0. The summed E-state index contributed by atoms with van der Waals surface area (Å²) in [4.78, 5) is 23.2. The number of unbranched alkanes of at least 4 members (excludes halogenated alkanes) is 22. The molecule has 0 saturated carbocycles. The lowest BCUT2D eigenvalue weighted by atomic mass is 10.0. The number of phosphoric acid groups is 1. The molecule has 0 spiro atoms. The van der Waals surface area contributed by atoms with E-state index in [1.165, 1.54) is 128 Å². The van der Waals surface area contributed by atoms with Crippen LogP contribution in [0.3, 0.4) is 0 Å². The third-order valence-electron chi connectivity index (χ3n) is 10.6. The first-order valence-corrected chi connectivity index (χ1v) is 25.5. The largest absolute Gasteiger partial charge is 0.472 e. The summed E-state index contributed by atoms with van der Waals surface area (Å²) in [6, 6.07) is -0.790. The van der Waals surface area contributed by atoms with Gasteiger partial charge in [0.15, 0.2) is 0 Å². The maximum Gasteiger partial charge on any atom is 0.472 e. The third-order valence-corrected chi connectivity index (χ3v) is 11.6. The SMILES string of the molecule is CCCCCCCCC/C=C/C/C=C/C/C=C/C/C=C/CCCC(=O)N[C@@H](COP(=O)(O)OCC[N+](C)(C)C)[C@H](O)CCCCCCCCCCCCCCCCC. The molecule has 3 N–H and O–H groups in total. The molecule has 8 nitrogen and oxygen atoms in total. The average Bonchev–Trinajstić information content (AvgIpc) is 3.17. The van der Waals surface area contributed by atoms with E-state index in [4.69, 9.17) is 9.05 Å². The molecule has 58 heavy (non-hydrogen) atoms. The molecule has 0 aromatic rings. The van der Waals surface area contributed by atoms with Crippen LogP contribution in [0.2, 0.25) is 0 Å². The van der Waals surface area contributed by atoms with Crippen LogP contribution in [-0.2, 0) is 18.4 Å². The van der Waals surface area contributed by atoms with E-state index in [0.717, 1.165) is 44.9 Å². The molecule has 0 saturated heterocycles. The number of amides is 1. The molecule has 0 aliphatic rings. The van der Waals surface area contributed by atoms with Gasteiger partial charge in [0.25, 0.3) is 0 Å². The Morgan fingerprint density at radius 1 is 0.586 bits per heavy atom. The van der Waals surface area contributed by atoms with Gasteiger partial charge in [0, 0.05) is 6.42 Å². The molecule has 0 bridgehead atoms. The Morgan fingerprint density at radius 2 is 0.983 bits per heavy atom. The Balaban J connectivity index is 4.42. The highest BCUT2D eigenvalue weighted by atomic mass is 31.2. The fraction of sp³-hybridized carbons (Fsp3) is 0.816. The molecule has 0 aliphatic carbocycles. The monoisotopic (exact) mass is 838 g/mol. The van der Waals surface area contributed by atoms with Crippen molar-refractivity contribution in [1.29, 1.82) is 0 Å². The van der Waals surface area contributed by atoms with Crippen LogP contribution in [0.1, 0.15) is 206 Å². The lowest BCUT2D eigenvalue weighted by Gasteiger charge is -2.26. The zero-order valence-corrected chi connectivity index (χ0v) is 39.4. The summed E-state index contributed by atoms with van der Waals surface area (Å²) >= 11 is 0. The lowest BCUT2D eigenvalue weighted by molar-refractivity contribution is -0.870. The molecule has 1 unspecified atom stereocenters. The summed E-state index contributed by atoms with van der Waals surface area (Å²) in [5.74, 6) is -0.199. The normalized spacial score (nSPS) is 14.7. The number of hydrogen-bond donors (Lipinski definition) is 3. The van der Waals surface area contributed by atoms with Crippen LogP contribution < -0.4 is 5.32 Å². The van der Waals surface area contributed by atoms with Crippen molar-refractivity contribution in [2.75, 3.05) is 40.9 Å². The third kappa shape index (κ3) is 42.6. The highest BCUT2D eigenvalue weighted by Crippen LogP contribution is 2.43. The highest BCUT2D eigenvalue weighted by Gasteiger charge is 2.28. The molecule has 1 amide bonds. The summed E-state index contributed by atoms with van der Waals surface area (Å²) in [6.45, 7) is 4.84. The van der Waals surface area contributed by atoms with Crippen molar-refractivity contribution >= 4 is 13.7 Å². The van der Waals surface area contributed by atoms with E-state index in [1.807, 2.05) is 21.1 Å². The van der Waals surface area contributed by atoms with E-state index in [2.05, 4.69) is 67.8 Å². The number of aliphatic hydroxyl groups is 1. The van der Waals surface area contributed by atoms with Gasteiger partial charge in [0.05, 0.1) is 39.9 Å². The molecular weight excluding hydrogens is 744 g/mol. The fourth-order valence-electron chi connectivity index (χ4n) is 6.74. The number of aliphatic hydroxyl groups excluding tert-OH is 1. The molecule has 0 rings (SSSR count). The molecule has 0 heterocycles. The number of phosphoric ester groups is 1. The molecule has 0 aromatic carbocycles. The van der Waals surface area contributed by atoms with Crippen LogP contribution in [0.25, 0.3) is 0 Å². The Bertz CT molecular complexity index is 1090. The number of rotatable bonds is 43. The summed E-state index contributed by atoms with van der Waals surface area (Å²) in [5, 5.41) is 13.9. The number of allylic oxidation sites excluding steroid dienone is 8. The van der Waals surface area contributed by atoms with Gasteiger partial charge in [0.1, 0.15) is 13.2 Å². The van der Waals surface area contributed by atoms with Gasteiger partial charge in [-0.1, -0.05) is 197 Å². The number of nitrogens with zero attached hydrogens (tertiary/aromatic N) is 1. The van der Waals surface area contributed by atoms with Crippen molar-refractivity contribution in [2.45, 2.75) is 219 Å². The average molecular weight is 838 g/mol. The van der Waals surface area contributed by atoms with Gasteiger partial charge in [0.2, 0.25) is 5.91 Å². The Labute approximate surface area is 359 Å². The Hall–Kier alpha value is -1.54. The second kappa shape index (κ2) is 40.8. The summed E-state index contributed by atoms with van der Waals surface area (Å²) in [7, 11) is 1.58. The van der Waals surface area contributed by atoms with E-state index in [-0.39, 0.29) is 19.1 Å². The summed E-state index contributed by atoms with van der Waals surface area (Å²) in [6.07, 6.45) is 51.5. The maximum atomic E-state index is 12.9. The molecule has 0 radical (unpaired) electrons. The Morgan fingerprint density at radius 3 is 1.43 bits per heavy atom. The van der Waals surface area contributed by atoms with Gasteiger partial charge in [-0.25, -0.2) is 4.57 Å². The minimum absolute atomic E-state index is 0.0631. The van der Waals surface area contributed by atoms with Gasteiger partial charge in [-0.3, -0.25) is 13.8 Å². The molecule has 0 aliphatic heterocycles. The van der Waals surface area contributed by atoms with Crippen LogP contribution in [0, 0.1) is 0 Å². The summed E-state index contributed by atoms with van der Waals surface area (Å²) < 4.78 is 23.6. The van der Waals surface area contributed by atoms with Gasteiger partial charge < -0.3 is 19.8 Å². The molecule has 0 fully saturated rings. The zero-order valence-electron chi connectivity index (χ0n) is 38.5. The van der Waals surface area contributed by atoms with Crippen LogP contribution in [0.4, 0.5) is 0 Å². The Kier molecular flexibility index (Phi) is 39.8. The molecule has 9 heteroatoms. The number of nitrogens with one attached hydrogen (secondary N) is 1. The van der Waals surface area contributed by atoms with Crippen LogP contribution >= 0.6 is 7.82 Å². The highest BCUT2D eigenvalue weighted by molar-refractivity contribution is 7.47. The van der Waals surface area contributed by atoms with E-state index < -0.39 is 20.0 Å². The summed E-state index contributed by atoms with van der Waals surface area (Å²) in [5.41, 5.74) is 0. The van der Waals surface area contributed by atoms with Crippen molar-refractivity contribution in [1.82, 2.24) is 5.32 Å². The number of likely N-dealkylation sites (N-methyl/N-ethyl adjacent to an activating group) is 1. The lowest BCUT2D eigenvalue weighted by Crippen LogP contribution is -2.46. The van der Waals surface area contributed by atoms with E-state index in [0.29, 0.717) is 30.3 Å². The van der Waals surface area contributed by atoms with Crippen LogP contribution in [0.5, 0.6) is 0 Å². The van der Waals surface area contributed by atoms with E-state index >= 15 is 0 Å². The number of quaternary nitrogens is 1. The van der Waals surface area contributed by atoms with E-state index in [1.54, 1.807) is 0 Å². The topological polar surface area (TPSA) is 105 Å².